The number of carbonyl (C=O) groups excluding carboxylic acids is 1. The molecule has 0 saturated heterocycles. The van der Waals surface area contributed by atoms with Gasteiger partial charge >= 0.3 is 7.82 Å². The van der Waals surface area contributed by atoms with Crippen molar-refractivity contribution in [2.24, 2.45) is 0 Å². The smallest absolute Gasteiger partial charge is 0.387 e. The first kappa shape index (κ1) is 48.5. The molecular formula is C41H78N2O6P+. The van der Waals surface area contributed by atoms with E-state index >= 15 is 0 Å². The first-order chi connectivity index (χ1) is 24.0. The SMILES string of the molecule is CC/C=C/CC/C=C/CC/C=C/C(O)C(COP(=O)(O)OCC[N+](C)(C)C)NC(=O)CCCCCCC/C=C\CCCCCCCCCCC. The average Bonchev–Trinajstić information content (AvgIpc) is 3.06. The molecule has 0 saturated carbocycles. The van der Waals surface area contributed by atoms with Crippen LogP contribution >= 0.6 is 7.82 Å². The van der Waals surface area contributed by atoms with E-state index in [2.05, 4.69) is 55.6 Å². The molecule has 0 aromatic heterocycles. The summed E-state index contributed by atoms with van der Waals surface area (Å²) in [6.07, 6.45) is 40.5. The Bertz CT molecular complexity index is 959. The number of aliphatic hydroxyl groups excluding tert-OH is 1. The van der Waals surface area contributed by atoms with Crippen molar-refractivity contribution in [3.63, 3.8) is 0 Å². The number of unbranched alkanes of at least 4 members (excludes halogenated alkanes) is 16. The van der Waals surface area contributed by atoms with E-state index in [0.29, 0.717) is 17.4 Å². The fourth-order valence-electron chi connectivity index (χ4n) is 5.31. The molecule has 9 heteroatoms. The Balaban J connectivity index is 4.46. The molecule has 1 amide bonds. The van der Waals surface area contributed by atoms with Crippen molar-refractivity contribution in [2.45, 2.75) is 167 Å². The van der Waals surface area contributed by atoms with Crippen molar-refractivity contribution in [1.29, 1.82) is 0 Å². The highest BCUT2D eigenvalue weighted by molar-refractivity contribution is 7.47. The summed E-state index contributed by atoms with van der Waals surface area (Å²) in [5.74, 6) is -0.204. The van der Waals surface area contributed by atoms with Crippen molar-refractivity contribution >= 4 is 13.7 Å². The van der Waals surface area contributed by atoms with Crippen molar-refractivity contribution in [3.8, 4) is 0 Å². The summed E-state index contributed by atoms with van der Waals surface area (Å²) in [5.41, 5.74) is 0. The van der Waals surface area contributed by atoms with Gasteiger partial charge in [-0.2, -0.15) is 0 Å². The van der Waals surface area contributed by atoms with Gasteiger partial charge in [0.1, 0.15) is 13.2 Å². The van der Waals surface area contributed by atoms with Crippen LogP contribution in [-0.4, -0.2) is 73.4 Å². The molecule has 0 radical (unpaired) electrons. The first-order valence-electron chi connectivity index (χ1n) is 20.0. The number of nitrogens with zero attached hydrogens (tertiary/aromatic N) is 1. The maximum absolute atomic E-state index is 12.8. The van der Waals surface area contributed by atoms with E-state index in [1.165, 1.54) is 70.6 Å². The standard InChI is InChI=1S/C41H77N2O6P/c1-6-8-10-12-14-16-18-19-20-21-22-23-24-25-27-29-31-33-35-41(45)42-39(38-49-50(46,47)48-37-36-43(3,4)5)40(44)34-32-30-28-26-17-15-13-11-9-7-2/h9,11,17,22-23,26,32,34,39-40,44H,6-8,10,12-16,18-21,24-25,27-31,33,35-38H2,1-5H3,(H-,42,45,46,47)/p+1/b11-9+,23-22-,26-17+,34-32+. The van der Waals surface area contributed by atoms with Crippen LogP contribution in [0.15, 0.2) is 48.6 Å². The second kappa shape index (κ2) is 33.3. The topological polar surface area (TPSA) is 105 Å². The number of phosphoric acid groups is 1. The van der Waals surface area contributed by atoms with Crippen LogP contribution in [-0.2, 0) is 18.4 Å². The third-order valence-corrected chi connectivity index (χ3v) is 9.49. The number of allylic oxidation sites excluding steroid dienone is 7. The summed E-state index contributed by atoms with van der Waals surface area (Å²) < 4.78 is 23.4. The van der Waals surface area contributed by atoms with Gasteiger partial charge in [-0.25, -0.2) is 4.57 Å². The number of amides is 1. The molecule has 292 valence electrons. The highest BCUT2D eigenvalue weighted by Crippen LogP contribution is 2.43. The van der Waals surface area contributed by atoms with E-state index in [-0.39, 0.29) is 19.1 Å². The molecule has 0 bridgehead atoms. The fraction of sp³-hybridized carbons (Fsp3) is 0.780. The third-order valence-electron chi connectivity index (χ3n) is 8.51. The van der Waals surface area contributed by atoms with Gasteiger partial charge < -0.3 is 19.8 Å². The van der Waals surface area contributed by atoms with Crippen LogP contribution in [0.4, 0.5) is 0 Å². The van der Waals surface area contributed by atoms with E-state index in [4.69, 9.17) is 9.05 Å². The highest BCUT2D eigenvalue weighted by atomic mass is 31.2. The maximum Gasteiger partial charge on any atom is 0.472 e. The quantitative estimate of drug-likeness (QED) is 0.0260. The minimum absolute atomic E-state index is 0.0504. The molecule has 0 fully saturated rings. The van der Waals surface area contributed by atoms with Gasteiger partial charge in [-0.1, -0.05) is 133 Å². The van der Waals surface area contributed by atoms with Gasteiger partial charge in [0, 0.05) is 6.42 Å². The van der Waals surface area contributed by atoms with Crippen LogP contribution in [0, 0.1) is 0 Å². The largest absolute Gasteiger partial charge is 0.472 e. The summed E-state index contributed by atoms with van der Waals surface area (Å²) in [7, 11) is 1.53. The molecular weight excluding hydrogens is 647 g/mol. The van der Waals surface area contributed by atoms with Crippen LogP contribution in [0.25, 0.3) is 0 Å². The van der Waals surface area contributed by atoms with E-state index in [0.717, 1.165) is 64.2 Å². The van der Waals surface area contributed by atoms with Gasteiger partial charge in [0.05, 0.1) is 39.9 Å². The number of quaternary nitrogens is 1. The summed E-state index contributed by atoms with van der Waals surface area (Å²) in [5, 5.41) is 13.7. The van der Waals surface area contributed by atoms with E-state index in [9.17, 15) is 19.4 Å². The average molecular weight is 726 g/mol. The molecule has 0 spiro atoms. The fourth-order valence-corrected chi connectivity index (χ4v) is 6.04. The number of nitrogens with one attached hydrogen (secondary N) is 1. The zero-order valence-electron chi connectivity index (χ0n) is 32.9. The lowest BCUT2D eigenvalue weighted by Gasteiger charge is -2.25. The van der Waals surface area contributed by atoms with Gasteiger partial charge in [0.15, 0.2) is 0 Å². The predicted molar refractivity (Wildman–Crippen MR) is 212 cm³/mol. The second-order valence-corrected chi connectivity index (χ2v) is 16.1. The number of rotatable bonds is 35. The van der Waals surface area contributed by atoms with Crippen LogP contribution < -0.4 is 5.32 Å². The number of likely N-dealkylation sites (N-methyl/N-ethyl adjacent to an activating group) is 1. The Kier molecular flexibility index (Phi) is 32.3. The van der Waals surface area contributed by atoms with E-state index in [1.54, 1.807) is 6.08 Å². The number of carbonyl (C=O) groups is 1. The van der Waals surface area contributed by atoms with E-state index in [1.807, 2.05) is 27.2 Å². The van der Waals surface area contributed by atoms with Gasteiger partial charge in [0.25, 0.3) is 0 Å². The van der Waals surface area contributed by atoms with Crippen LogP contribution in [0.3, 0.4) is 0 Å². The van der Waals surface area contributed by atoms with Crippen molar-refractivity contribution < 1.29 is 32.9 Å². The lowest BCUT2D eigenvalue weighted by atomic mass is 10.1. The molecule has 8 nitrogen and oxygen atoms in total. The van der Waals surface area contributed by atoms with Gasteiger partial charge in [-0.3, -0.25) is 13.8 Å². The molecule has 0 aromatic carbocycles. The Hall–Kier alpha value is -1.54. The van der Waals surface area contributed by atoms with Crippen LogP contribution in [0.2, 0.25) is 0 Å². The van der Waals surface area contributed by atoms with Crippen molar-refractivity contribution in [1.82, 2.24) is 5.32 Å². The molecule has 0 heterocycles. The molecule has 0 aliphatic heterocycles. The monoisotopic (exact) mass is 726 g/mol. The van der Waals surface area contributed by atoms with Gasteiger partial charge in [-0.15, -0.1) is 0 Å². The zero-order chi connectivity index (χ0) is 37.2. The molecule has 3 atom stereocenters. The Morgan fingerprint density at radius 3 is 1.70 bits per heavy atom. The third kappa shape index (κ3) is 34.9. The normalized spacial score (nSPS) is 15.1. The number of aliphatic hydroxyl groups is 1. The molecule has 3 N–H and O–H groups in total. The zero-order valence-corrected chi connectivity index (χ0v) is 33.8. The van der Waals surface area contributed by atoms with Crippen molar-refractivity contribution in [3.05, 3.63) is 48.6 Å². The highest BCUT2D eigenvalue weighted by Gasteiger charge is 2.27. The van der Waals surface area contributed by atoms with Crippen LogP contribution in [0.1, 0.15) is 155 Å². The van der Waals surface area contributed by atoms with Crippen LogP contribution in [0.5, 0.6) is 0 Å². The van der Waals surface area contributed by atoms with Crippen molar-refractivity contribution in [2.75, 3.05) is 40.9 Å². The summed E-state index contributed by atoms with van der Waals surface area (Å²) in [6.45, 7) is 4.63. The predicted octanol–water partition coefficient (Wildman–Crippen LogP) is 10.5. The lowest BCUT2D eigenvalue weighted by molar-refractivity contribution is -0.870. The maximum atomic E-state index is 12.8. The Morgan fingerprint density at radius 2 is 1.16 bits per heavy atom. The number of hydrogen-bond acceptors (Lipinski definition) is 5. The lowest BCUT2D eigenvalue weighted by Crippen LogP contribution is -2.45. The molecule has 0 aliphatic carbocycles. The molecule has 50 heavy (non-hydrogen) atoms. The minimum atomic E-state index is -4.34. The first-order valence-corrected chi connectivity index (χ1v) is 21.5. The molecule has 0 rings (SSSR count). The molecule has 0 aromatic rings. The molecule has 3 unspecified atom stereocenters. The molecule has 0 aliphatic rings. The Labute approximate surface area is 308 Å². The minimum Gasteiger partial charge on any atom is -0.387 e. The van der Waals surface area contributed by atoms with Gasteiger partial charge in [0.2, 0.25) is 5.91 Å². The Morgan fingerprint density at radius 1 is 0.680 bits per heavy atom. The summed E-state index contributed by atoms with van der Waals surface area (Å²) >= 11 is 0. The summed E-state index contributed by atoms with van der Waals surface area (Å²) in [6, 6.07) is -0.871. The van der Waals surface area contributed by atoms with E-state index < -0.39 is 20.0 Å². The number of hydrogen-bond donors (Lipinski definition) is 3. The number of phosphoric ester groups is 1. The van der Waals surface area contributed by atoms with Gasteiger partial charge in [-0.05, 0) is 64.2 Å². The second-order valence-electron chi connectivity index (χ2n) is 14.6. The summed E-state index contributed by atoms with van der Waals surface area (Å²) in [4.78, 5) is 23.0.